The van der Waals surface area contributed by atoms with Crippen molar-refractivity contribution in [2.75, 3.05) is 7.11 Å². The predicted molar refractivity (Wildman–Crippen MR) is 98.0 cm³/mol. The van der Waals surface area contributed by atoms with Gasteiger partial charge < -0.3 is 4.74 Å². The summed E-state index contributed by atoms with van der Waals surface area (Å²) in [6, 6.07) is 8.67. The van der Waals surface area contributed by atoms with Gasteiger partial charge in [-0.2, -0.15) is 0 Å². The molecule has 0 amide bonds. The fourth-order valence-electron chi connectivity index (χ4n) is 4.94. The highest BCUT2D eigenvalue weighted by molar-refractivity contribution is 5.29. The quantitative estimate of drug-likeness (QED) is 0.587. The third-order valence-electron chi connectivity index (χ3n) is 6.48. The third kappa shape index (κ3) is 4.40. The molecule has 2 aliphatic carbocycles. The zero-order valence-electron chi connectivity index (χ0n) is 14.9. The first-order valence-corrected chi connectivity index (χ1v) is 9.69. The van der Waals surface area contributed by atoms with Crippen molar-refractivity contribution in [1.29, 1.82) is 0 Å². The van der Waals surface area contributed by atoms with Gasteiger partial charge >= 0.3 is 0 Å². The maximum Gasteiger partial charge on any atom is 0.118 e. The normalized spacial score (nSPS) is 31.2. The van der Waals surface area contributed by atoms with Gasteiger partial charge in [0.2, 0.25) is 0 Å². The van der Waals surface area contributed by atoms with Gasteiger partial charge in [0, 0.05) is 0 Å². The number of hydrogen-bond donors (Lipinski definition) is 0. The molecule has 1 aromatic carbocycles. The predicted octanol–water partition coefficient (Wildman–Crippen LogP) is 6.65. The zero-order valence-corrected chi connectivity index (χ0v) is 14.9. The Balaban J connectivity index is 1.45. The van der Waals surface area contributed by atoms with Crippen LogP contribution in [0.3, 0.4) is 0 Å². The largest absolute Gasteiger partial charge is 0.497 e. The Morgan fingerprint density at radius 2 is 1.50 bits per heavy atom. The zero-order chi connectivity index (χ0) is 16.8. The molecule has 0 aliphatic heterocycles. The molecule has 0 unspecified atom stereocenters. The number of halogens is 1. The van der Waals surface area contributed by atoms with Gasteiger partial charge in [0.15, 0.2) is 0 Å². The molecule has 1 aromatic rings. The number of allylic oxidation sites excluding steroid dienone is 1. The second-order valence-corrected chi connectivity index (χ2v) is 7.76. The van der Waals surface area contributed by atoms with Crippen LogP contribution in [0.15, 0.2) is 36.7 Å². The standard InChI is InChI=1S/C22H31FO/c1-24-22-14-12-21(13-15-22)20-10-8-19(9-11-20)18-6-4-17(5-7-18)3-2-16-23/h2,12-20H,3-11H2,1H3. The van der Waals surface area contributed by atoms with E-state index in [1.807, 2.05) is 0 Å². The average molecular weight is 330 g/mol. The fourth-order valence-corrected chi connectivity index (χ4v) is 4.94. The monoisotopic (exact) mass is 330 g/mol. The molecule has 0 atom stereocenters. The van der Waals surface area contributed by atoms with Crippen LogP contribution in [0.4, 0.5) is 4.39 Å². The molecule has 2 saturated carbocycles. The van der Waals surface area contributed by atoms with Gasteiger partial charge in [0.05, 0.1) is 13.4 Å². The molecule has 2 heteroatoms. The SMILES string of the molecule is COc1ccc(C2CCC(C3CCC(CC=CF)CC3)CC2)cc1. The van der Waals surface area contributed by atoms with Crippen LogP contribution in [-0.2, 0) is 0 Å². The van der Waals surface area contributed by atoms with E-state index < -0.39 is 0 Å². The van der Waals surface area contributed by atoms with E-state index in [-0.39, 0.29) is 0 Å². The molecule has 2 aliphatic rings. The molecular formula is C22H31FO. The summed E-state index contributed by atoms with van der Waals surface area (Å²) in [6.07, 6.45) is 14.1. The minimum atomic E-state index is 0.715. The summed E-state index contributed by atoms with van der Waals surface area (Å²) in [5, 5.41) is 0. The van der Waals surface area contributed by atoms with Gasteiger partial charge in [-0.15, -0.1) is 0 Å². The van der Waals surface area contributed by atoms with Crippen molar-refractivity contribution in [2.24, 2.45) is 17.8 Å². The van der Waals surface area contributed by atoms with Crippen molar-refractivity contribution < 1.29 is 9.13 Å². The first-order valence-electron chi connectivity index (χ1n) is 9.69. The smallest absolute Gasteiger partial charge is 0.118 e. The van der Waals surface area contributed by atoms with E-state index in [1.165, 1.54) is 56.9 Å². The Morgan fingerprint density at radius 1 is 0.917 bits per heavy atom. The third-order valence-corrected chi connectivity index (χ3v) is 6.48. The van der Waals surface area contributed by atoms with Crippen LogP contribution in [0.1, 0.15) is 69.3 Å². The van der Waals surface area contributed by atoms with Gasteiger partial charge in [-0.05, 0) is 99.2 Å². The molecule has 0 saturated heterocycles. The second-order valence-electron chi connectivity index (χ2n) is 7.76. The number of ether oxygens (including phenoxy) is 1. The van der Waals surface area contributed by atoms with E-state index in [4.69, 9.17) is 4.74 Å². The van der Waals surface area contributed by atoms with Crippen molar-refractivity contribution in [2.45, 2.75) is 63.7 Å². The summed E-state index contributed by atoms with van der Waals surface area (Å²) >= 11 is 0. The molecule has 0 heterocycles. The first kappa shape index (κ1) is 17.5. The molecule has 1 nitrogen and oxygen atoms in total. The van der Waals surface area contributed by atoms with E-state index in [9.17, 15) is 4.39 Å². The Hall–Kier alpha value is -1.31. The van der Waals surface area contributed by atoms with Gasteiger partial charge in [-0.3, -0.25) is 0 Å². The summed E-state index contributed by atoms with van der Waals surface area (Å²) in [5.74, 6) is 4.26. The maximum atomic E-state index is 12.1. The van der Waals surface area contributed by atoms with E-state index in [2.05, 4.69) is 24.3 Å². The Bertz CT molecular complexity index is 505. The number of hydrogen-bond acceptors (Lipinski definition) is 1. The summed E-state index contributed by atoms with van der Waals surface area (Å²) in [7, 11) is 1.73. The highest BCUT2D eigenvalue weighted by Crippen LogP contribution is 2.44. The summed E-state index contributed by atoms with van der Waals surface area (Å²) in [5.41, 5.74) is 1.48. The van der Waals surface area contributed by atoms with Crippen LogP contribution in [0.5, 0.6) is 5.75 Å². The molecule has 0 aromatic heterocycles. The topological polar surface area (TPSA) is 9.23 Å². The van der Waals surface area contributed by atoms with Crippen LogP contribution in [0.2, 0.25) is 0 Å². The van der Waals surface area contributed by atoms with Crippen LogP contribution >= 0.6 is 0 Å². The van der Waals surface area contributed by atoms with Crippen molar-refractivity contribution in [1.82, 2.24) is 0 Å². The highest BCUT2D eigenvalue weighted by atomic mass is 19.1. The van der Waals surface area contributed by atoms with Crippen LogP contribution < -0.4 is 4.74 Å². The maximum absolute atomic E-state index is 12.1. The summed E-state index contributed by atoms with van der Waals surface area (Å²) in [6.45, 7) is 0. The summed E-state index contributed by atoms with van der Waals surface area (Å²) in [4.78, 5) is 0. The van der Waals surface area contributed by atoms with Gasteiger partial charge in [-0.1, -0.05) is 18.2 Å². The fraction of sp³-hybridized carbons (Fsp3) is 0.636. The molecule has 0 radical (unpaired) electrons. The molecule has 24 heavy (non-hydrogen) atoms. The minimum absolute atomic E-state index is 0.715. The van der Waals surface area contributed by atoms with Crippen LogP contribution in [-0.4, -0.2) is 7.11 Å². The molecule has 2 fully saturated rings. The molecular weight excluding hydrogens is 299 g/mol. The van der Waals surface area contributed by atoms with Crippen LogP contribution in [0, 0.1) is 17.8 Å². The number of benzene rings is 1. The summed E-state index contributed by atoms with van der Waals surface area (Å²) < 4.78 is 17.4. The van der Waals surface area contributed by atoms with Crippen molar-refractivity contribution in [3.63, 3.8) is 0 Å². The molecule has 0 bridgehead atoms. The Kier molecular flexibility index (Phi) is 6.34. The number of methoxy groups -OCH3 is 1. The van der Waals surface area contributed by atoms with Crippen molar-refractivity contribution >= 4 is 0 Å². The van der Waals surface area contributed by atoms with E-state index in [0.29, 0.717) is 6.33 Å². The van der Waals surface area contributed by atoms with Crippen LogP contribution in [0.25, 0.3) is 0 Å². The van der Waals surface area contributed by atoms with E-state index in [1.54, 1.807) is 13.2 Å². The first-order chi connectivity index (χ1) is 11.8. The molecule has 132 valence electrons. The highest BCUT2D eigenvalue weighted by Gasteiger charge is 2.30. The van der Waals surface area contributed by atoms with E-state index >= 15 is 0 Å². The lowest BCUT2D eigenvalue weighted by Crippen LogP contribution is -2.25. The number of rotatable bonds is 5. The van der Waals surface area contributed by atoms with Crippen molar-refractivity contribution in [3.05, 3.63) is 42.2 Å². The average Bonchev–Trinajstić information content (AvgIpc) is 2.67. The molecule has 3 rings (SSSR count). The van der Waals surface area contributed by atoms with Gasteiger partial charge in [0.25, 0.3) is 0 Å². The molecule has 0 N–H and O–H groups in total. The Labute approximate surface area is 146 Å². The van der Waals surface area contributed by atoms with E-state index in [0.717, 1.165) is 35.8 Å². The van der Waals surface area contributed by atoms with Gasteiger partial charge in [-0.25, -0.2) is 4.39 Å². The lowest BCUT2D eigenvalue weighted by atomic mass is 9.68. The lowest BCUT2D eigenvalue weighted by Gasteiger charge is -2.38. The molecule has 0 spiro atoms. The van der Waals surface area contributed by atoms with Crippen molar-refractivity contribution in [3.8, 4) is 5.75 Å². The Morgan fingerprint density at radius 3 is 2.04 bits per heavy atom. The second kappa shape index (κ2) is 8.69. The minimum Gasteiger partial charge on any atom is -0.497 e. The van der Waals surface area contributed by atoms with Gasteiger partial charge in [0.1, 0.15) is 5.75 Å². The lowest BCUT2D eigenvalue weighted by molar-refractivity contribution is 0.160.